The lowest BCUT2D eigenvalue weighted by atomic mass is 9.77. The molecule has 0 heterocycles. The summed E-state index contributed by atoms with van der Waals surface area (Å²) in [7, 11) is 0. The minimum Gasteiger partial charge on any atom is -0.327 e. The summed E-state index contributed by atoms with van der Waals surface area (Å²) in [6, 6.07) is 0.471. The third-order valence-corrected chi connectivity index (χ3v) is 5.21. The second kappa shape index (κ2) is 2.50. The first-order chi connectivity index (χ1) is 5.89. The van der Waals surface area contributed by atoms with Crippen LogP contribution in [0, 0.1) is 22.7 Å². The average Bonchev–Trinajstić information content (AvgIpc) is 2.18. The van der Waals surface area contributed by atoms with E-state index in [1.54, 1.807) is 0 Å². The largest absolute Gasteiger partial charge is 0.327 e. The van der Waals surface area contributed by atoms with Crippen LogP contribution in [-0.4, -0.2) is 6.04 Å². The molecule has 0 spiro atoms. The Balaban J connectivity index is 2.03. The summed E-state index contributed by atoms with van der Waals surface area (Å²) in [5.41, 5.74) is 7.28. The van der Waals surface area contributed by atoms with Crippen LogP contribution in [0.4, 0.5) is 0 Å². The highest BCUT2D eigenvalue weighted by Crippen LogP contribution is 2.70. The molecule has 0 aromatic heterocycles. The SMILES string of the molecule is CC1(C)C(C(N)C2CCC2)C1(C)C. The summed E-state index contributed by atoms with van der Waals surface area (Å²) < 4.78 is 0. The molecule has 2 rings (SSSR count). The van der Waals surface area contributed by atoms with E-state index in [2.05, 4.69) is 27.7 Å². The van der Waals surface area contributed by atoms with Crippen molar-refractivity contribution in [2.75, 3.05) is 0 Å². The van der Waals surface area contributed by atoms with Crippen LogP contribution in [0.1, 0.15) is 47.0 Å². The van der Waals surface area contributed by atoms with Crippen LogP contribution in [0.2, 0.25) is 0 Å². The zero-order chi connectivity index (χ0) is 9.85. The molecule has 2 saturated carbocycles. The lowest BCUT2D eigenvalue weighted by molar-refractivity contribution is 0.225. The van der Waals surface area contributed by atoms with E-state index in [-0.39, 0.29) is 0 Å². The summed E-state index contributed by atoms with van der Waals surface area (Å²) in [6.07, 6.45) is 4.17. The second-order valence-corrected chi connectivity index (χ2v) is 6.19. The van der Waals surface area contributed by atoms with Crippen molar-refractivity contribution in [2.24, 2.45) is 28.4 Å². The van der Waals surface area contributed by atoms with Gasteiger partial charge in [0.1, 0.15) is 0 Å². The smallest absolute Gasteiger partial charge is 0.0106 e. The number of hydrogen-bond donors (Lipinski definition) is 1. The van der Waals surface area contributed by atoms with E-state index in [9.17, 15) is 0 Å². The zero-order valence-corrected chi connectivity index (χ0v) is 9.43. The maximum absolute atomic E-state index is 6.34. The molecule has 0 amide bonds. The minimum atomic E-state index is 0.471. The predicted octanol–water partition coefficient (Wildman–Crippen LogP) is 2.80. The quantitative estimate of drug-likeness (QED) is 0.696. The van der Waals surface area contributed by atoms with Gasteiger partial charge in [0.15, 0.2) is 0 Å². The van der Waals surface area contributed by atoms with Gasteiger partial charge in [-0.2, -0.15) is 0 Å². The molecule has 0 radical (unpaired) electrons. The minimum absolute atomic E-state index is 0.471. The Morgan fingerprint density at radius 1 is 1.08 bits per heavy atom. The van der Waals surface area contributed by atoms with E-state index in [0.717, 1.165) is 11.8 Å². The molecule has 13 heavy (non-hydrogen) atoms. The van der Waals surface area contributed by atoms with Crippen LogP contribution in [-0.2, 0) is 0 Å². The van der Waals surface area contributed by atoms with Gasteiger partial charge in [-0.05, 0) is 35.5 Å². The molecule has 0 bridgehead atoms. The highest BCUT2D eigenvalue weighted by atomic mass is 14.8. The third-order valence-electron chi connectivity index (χ3n) is 5.21. The van der Waals surface area contributed by atoms with Crippen LogP contribution in [0.3, 0.4) is 0 Å². The van der Waals surface area contributed by atoms with Crippen LogP contribution in [0.5, 0.6) is 0 Å². The van der Waals surface area contributed by atoms with Crippen molar-refractivity contribution in [2.45, 2.75) is 53.0 Å². The summed E-state index contributed by atoms with van der Waals surface area (Å²) in [6.45, 7) is 9.48. The van der Waals surface area contributed by atoms with E-state index in [0.29, 0.717) is 16.9 Å². The first-order valence-electron chi connectivity index (χ1n) is 5.64. The molecule has 2 N–H and O–H groups in total. The molecule has 1 heteroatoms. The normalized spacial score (nSPS) is 33.9. The summed E-state index contributed by atoms with van der Waals surface area (Å²) in [4.78, 5) is 0. The van der Waals surface area contributed by atoms with Crippen LogP contribution in [0.25, 0.3) is 0 Å². The molecule has 0 aromatic carbocycles. The molecule has 0 saturated heterocycles. The standard InChI is InChI=1S/C12H23N/c1-11(2)10(12(11,3)4)9(13)8-6-5-7-8/h8-10H,5-7,13H2,1-4H3. The number of hydrogen-bond acceptors (Lipinski definition) is 1. The van der Waals surface area contributed by atoms with Crippen LogP contribution in [0.15, 0.2) is 0 Å². The molecule has 2 aliphatic rings. The van der Waals surface area contributed by atoms with Crippen molar-refractivity contribution < 1.29 is 0 Å². The van der Waals surface area contributed by atoms with E-state index in [1.807, 2.05) is 0 Å². The molecule has 0 aromatic rings. The molecule has 2 aliphatic carbocycles. The van der Waals surface area contributed by atoms with Gasteiger partial charge >= 0.3 is 0 Å². The fourth-order valence-corrected chi connectivity index (χ4v) is 3.31. The van der Waals surface area contributed by atoms with Gasteiger partial charge in [-0.15, -0.1) is 0 Å². The van der Waals surface area contributed by atoms with Crippen LogP contribution >= 0.6 is 0 Å². The van der Waals surface area contributed by atoms with Crippen molar-refractivity contribution in [3.8, 4) is 0 Å². The maximum Gasteiger partial charge on any atom is 0.0106 e. The van der Waals surface area contributed by atoms with E-state index < -0.39 is 0 Å². The first-order valence-corrected chi connectivity index (χ1v) is 5.64. The van der Waals surface area contributed by atoms with Gasteiger partial charge in [0.2, 0.25) is 0 Å². The van der Waals surface area contributed by atoms with E-state index in [4.69, 9.17) is 5.73 Å². The van der Waals surface area contributed by atoms with Gasteiger partial charge in [0.05, 0.1) is 0 Å². The topological polar surface area (TPSA) is 26.0 Å². The Morgan fingerprint density at radius 3 is 1.77 bits per heavy atom. The van der Waals surface area contributed by atoms with Gasteiger partial charge < -0.3 is 5.73 Å². The van der Waals surface area contributed by atoms with E-state index >= 15 is 0 Å². The molecule has 76 valence electrons. The highest BCUT2D eigenvalue weighted by molar-refractivity contribution is 5.17. The number of nitrogens with two attached hydrogens (primary N) is 1. The Morgan fingerprint density at radius 2 is 1.54 bits per heavy atom. The van der Waals surface area contributed by atoms with Crippen molar-refractivity contribution in [1.82, 2.24) is 0 Å². The lowest BCUT2D eigenvalue weighted by Crippen LogP contribution is -2.38. The molecule has 1 unspecified atom stereocenters. The Kier molecular flexibility index (Phi) is 1.83. The Hall–Kier alpha value is -0.0400. The van der Waals surface area contributed by atoms with Crippen molar-refractivity contribution in [3.05, 3.63) is 0 Å². The average molecular weight is 181 g/mol. The van der Waals surface area contributed by atoms with Crippen LogP contribution < -0.4 is 5.73 Å². The summed E-state index contributed by atoms with van der Waals surface area (Å²) in [5.74, 6) is 1.59. The summed E-state index contributed by atoms with van der Waals surface area (Å²) in [5, 5.41) is 0. The number of rotatable bonds is 2. The van der Waals surface area contributed by atoms with Gasteiger partial charge in [-0.3, -0.25) is 0 Å². The highest BCUT2D eigenvalue weighted by Gasteiger charge is 2.67. The lowest BCUT2D eigenvalue weighted by Gasteiger charge is -2.32. The molecule has 2 fully saturated rings. The molecular weight excluding hydrogens is 158 g/mol. The predicted molar refractivity (Wildman–Crippen MR) is 56.4 cm³/mol. The maximum atomic E-state index is 6.34. The summed E-state index contributed by atoms with van der Waals surface area (Å²) >= 11 is 0. The monoisotopic (exact) mass is 181 g/mol. The molecule has 1 nitrogen and oxygen atoms in total. The Labute approximate surface area is 82.1 Å². The van der Waals surface area contributed by atoms with E-state index in [1.165, 1.54) is 19.3 Å². The Bertz CT molecular complexity index is 199. The van der Waals surface area contributed by atoms with Gasteiger partial charge in [-0.25, -0.2) is 0 Å². The van der Waals surface area contributed by atoms with Gasteiger partial charge in [0, 0.05) is 6.04 Å². The van der Waals surface area contributed by atoms with Crippen molar-refractivity contribution in [1.29, 1.82) is 0 Å². The fourth-order valence-electron chi connectivity index (χ4n) is 3.31. The first kappa shape index (κ1) is 9.51. The molecular formula is C12H23N. The van der Waals surface area contributed by atoms with Gasteiger partial charge in [-0.1, -0.05) is 34.1 Å². The molecule has 1 atom stereocenters. The second-order valence-electron chi connectivity index (χ2n) is 6.19. The molecule has 0 aliphatic heterocycles. The zero-order valence-electron chi connectivity index (χ0n) is 9.43. The van der Waals surface area contributed by atoms with Crippen molar-refractivity contribution in [3.63, 3.8) is 0 Å². The van der Waals surface area contributed by atoms with Crippen molar-refractivity contribution >= 4 is 0 Å². The fraction of sp³-hybridized carbons (Fsp3) is 1.00. The third kappa shape index (κ3) is 1.09. The van der Waals surface area contributed by atoms with Gasteiger partial charge in [0.25, 0.3) is 0 Å².